The Morgan fingerprint density at radius 2 is 1.68 bits per heavy atom. The summed E-state index contributed by atoms with van der Waals surface area (Å²) in [5.74, 6) is 0.778. The molecule has 4 aromatic rings. The lowest BCUT2D eigenvalue weighted by Gasteiger charge is -2.36. The molecule has 0 saturated carbocycles. The first-order chi connectivity index (χ1) is 15.2. The number of nitrogens with zero attached hydrogens (tertiary/aromatic N) is 2. The maximum absolute atomic E-state index is 12.8. The number of carbonyl (C=O) groups is 1. The quantitative estimate of drug-likeness (QED) is 0.525. The molecule has 1 fully saturated rings. The molecule has 6 heteroatoms. The number of furan rings is 1. The first kappa shape index (κ1) is 19.3. The van der Waals surface area contributed by atoms with Crippen molar-refractivity contribution in [1.82, 2.24) is 4.90 Å². The molecule has 3 aromatic carbocycles. The summed E-state index contributed by atoms with van der Waals surface area (Å²) in [7, 11) is 1.64. The molecule has 6 nitrogen and oxygen atoms in total. The highest BCUT2D eigenvalue weighted by Crippen LogP contribution is 2.36. The van der Waals surface area contributed by atoms with Crippen LogP contribution in [-0.2, 0) is 4.79 Å². The fourth-order valence-corrected chi connectivity index (χ4v) is 4.19. The Labute approximate surface area is 181 Å². The minimum atomic E-state index is 0.0828. The molecule has 1 aliphatic heterocycles. The molecule has 0 aliphatic carbocycles. The van der Waals surface area contributed by atoms with Gasteiger partial charge >= 0.3 is 0 Å². The lowest BCUT2D eigenvalue weighted by atomic mass is 10.1. The number of fused-ring (bicyclic) bond motifs is 3. The number of ether oxygens (including phenoxy) is 1. The topological polar surface area (TPSA) is 58.0 Å². The van der Waals surface area contributed by atoms with Gasteiger partial charge in [0, 0.05) is 48.7 Å². The third-order valence-electron chi connectivity index (χ3n) is 5.88. The van der Waals surface area contributed by atoms with Crippen LogP contribution < -0.4 is 15.0 Å². The molecular weight excluding hydrogens is 390 g/mol. The van der Waals surface area contributed by atoms with Gasteiger partial charge in [-0.1, -0.05) is 36.4 Å². The molecule has 31 heavy (non-hydrogen) atoms. The summed E-state index contributed by atoms with van der Waals surface area (Å²) in [5, 5.41) is 5.30. The fraction of sp³-hybridized carbons (Fsp3) is 0.240. The molecule has 1 saturated heterocycles. The van der Waals surface area contributed by atoms with Crippen molar-refractivity contribution in [1.29, 1.82) is 0 Å². The van der Waals surface area contributed by atoms with Crippen molar-refractivity contribution in [2.45, 2.75) is 0 Å². The number of hydrogen-bond acceptors (Lipinski definition) is 5. The zero-order chi connectivity index (χ0) is 21.2. The first-order valence-corrected chi connectivity index (χ1v) is 10.5. The molecule has 0 bridgehead atoms. The fourth-order valence-electron chi connectivity index (χ4n) is 4.19. The number of amides is 1. The van der Waals surface area contributed by atoms with E-state index in [0.717, 1.165) is 53.8 Å². The van der Waals surface area contributed by atoms with Crippen molar-refractivity contribution in [2.75, 3.05) is 50.1 Å². The van der Waals surface area contributed by atoms with Gasteiger partial charge in [0.05, 0.1) is 19.3 Å². The molecule has 1 aliphatic rings. The smallest absolute Gasteiger partial charge is 0.241 e. The largest absolute Gasteiger partial charge is 0.495 e. The van der Waals surface area contributed by atoms with Crippen LogP contribution in [0.2, 0.25) is 0 Å². The molecule has 1 amide bonds. The van der Waals surface area contributed by atoms with Crippen LogP contribution in [0.5, 0.6) is 5.75 Å². The number of methoxy groups -OCH3 is 1. The minimum absolute atomic E-state index is 0.0828. The van der Waals surface area contributed by atoms with Crippen molar-refractivity contribution in [3.8, 4) is 5.75 Å². The summed E-state index contributed by atoms with van der Waals surface area (Å²) < 4.78 is 11.5. The molecule has 0 unspecified atom stereocenters. The van der Waals surface area contributed by atoms with E-state index < -0.39 is 0 Å². The summed E-state index contributed by atoms with van der Waals surface area (Å²) in [6.45, 7) is 3.33. The summed E-state index contributed by atoms with van der Waals surface area (Å²) >= 11 is 0. The third kappa shape index (κ3) is 3.77. The summed E-state index contributed by atoms with van der Waals surface area (Å²) in [6, 6.07) is 22.1. The van der Waals surface area contributed by atoms with Gasteiger partial charge < -0.3 is 24.3 Å². The Bertz CT molecular complexity index is 1210. The Morgan fingerprint density at radius 1 is 0.935 bits per heavy atom. The Kier molecular flexibility index (Phi) is 5.12. The molecule has 0 spiro atoms. The molecule has 2 heterocycles. The van der Waals surface area contributed by atoms with Gasteiger partial charge in [0.15, 0.2) is 0 Å². The van der Waals surface area contributed by atoms with Gasteiger partial charge in [-0.25, -0.2) is 0 Å². The van der Waals surface area contributed by atoms with Gasteiger partial charge in [-0.3, -0.25) is 4.79 Å². The van der Waals surface area contributed by atoms with E-state index in [1.165, 1.54) is 5.69 Å². The predicted molar refractivity (Wildman–Crippen MR) is 124 cm³/mol. The molecule has 158 valence electrons. The second-order valence-corrected chi connectivity index (χ2v) is 7.70. The number of piperazine rings is 1. The second-order valence-electron chi connectivity index (χ2n) is 7.70. The summed E-state index contributed by atoms with van der Waals surface area (Å²) in [5.41, 5.74) is 3.57. The highest BCUT2D eigenvalue weighted by atomic mass is 16.5. The number of hydrogen-bond donors (Lipinski definition) is 1. The SMILES string of the molecule is COc1cc2c(cc1NCC(=O)N1CCN(c3ccccc3)CC1)oc1ccccc12. The van der Waals surface area contributed by atoms with E-state index in [4.69, 9.17) is 9.15 Å². The third-order valence-corrected chi connectivity index (χ3v) is 5.88. The molecule has 1 N–H and O–H groups in total. The normalized spacial score (nSPS) is 14.2. The maximum Gasteiger partial charge on any atom is 0.241 e. The van der Waals surface area contributed by atoms with Crippen LogP contribution in [-0.4, -0.2) is 50.6 Å². The average Bonchev–Trinajstić information content (AvgIpc) is 3.20. The standard InChI is InChI=1S/C25H25N3O3/c1-30-24-15-20-19-9-5-6-10-22(19)31-23(20)16-21(24)26-17-25(29)28-13-11-27(12-14-28)18-7-3-2-4-8-18/h2-10,15-16,26H,11-14,17H2,1H3. The number of nitrogens with one attached hydrogen (secondary N) is 1. The maximum atomic E-state index is 12.8. The van der Waals surface area contributed by atoms with Gasteiger partial charge in [-0.05, 0) is 24.3 Å². The monoisotopic (exact) mass is 415 g/mol. The molecule has 0 atom stereocenters. The Balaban J connectivity index is 1.26. The van der Waals surface area contributed by atoms with Crippen molar-refractivity contribution in [2.24, 2.45) is 0 Å². The summed E-state index contributed by atoms with van der Waals surface area (Å²) in [6.07, 6.45) is 0. The average molecular weight is 415 g/mol. The molecular formula is C25H25N3O3. The first-order valence-electron chi connectivity index (χ1n) is 10.5. The van der Waals surface area contributed by atoms with Crippen molar-refractivity contribution in [3.05, 3.63) is 66.7 Å². The number of carbonyl (C=O) groups excluding carboxylic acids is 1. The van der Waals surface area contributed by atoms with E-state index in [-0.39, 0.29) is 12.5 Å². The van der Waals surface area contributed by atoms with Crippen LogP contribution >= 0.6 is 0 Å². The highest BCUT2D eigenvalue weighted by Gasteiger charge is 2.21. The van der Waals surface area contributed by atoms with E-state index in [2.05, 4.69) is 22.3 Å². The predicted octanol–water partition coefficient (Wildman–Crippen LogP) is 4.36. The van der Waals surface area contributed by atoms with E-state index in [1.807, 2.05) is 59.5 Å². The van der Waals surface area contributed by atoms with Crippen molar-refractivity contribution in [3.63, 3.8) is 0 Å². The van der Waals surface area contributed by atoms with Gasteiger partial charge in [-0.2, -0.15) is 0 Å². The van der Waals surface area contributed by atoms with Crippen LogP contribution in [0.1, 0.15) is 0 Å². The van der Waals surface area contributed by atoms with Gasteiger partial charge in [0.2, 0.25) is 5.91 Å². The number of benzene rings is 3. The van der Waals surface area contributed by atoms with Gasteiger partial charge in [-0.15, -0.1) is 0 Å². The second kappa shape index (κ2) is 8.22. The van der Waals surface area contributed by atoms with Crippen LogP contribution in [0.3, 0.4) is 0 Å². The van der Waals surface area contributed by atoms with Crippen LogP contribution in [0, 0.1) is 0 Å². The Morgan fingerprint density at radius 3 is 2.45 bits per heavy atom. The lowest BCUT2D eigenvalue weighted by Crippen LogP contribution is -2.50. The summed E-state index contributed by atoms with van der Waals surface area (Å²) in [4.78, 5) is 17.0. The van der Waals surface area contributed by atoms with E-state index >= 15 is 0 Å². The van der Waals surface area contributed by atoms with Crippen LogP contribution in [0.4, 0.5) is 11.4 Å². The van der Waals surface area contributed by atoms with Gasteiger partial charge in [0.1, 0.15) is 16.9 Å². The molecule has 1 aromatic heterocycles. The zero-order valence-corrected chi connectivity index (χ0v) is 17.5. The van der Waals surface area contributed by atoms with Crippen molar-refractivity contribution >= 4 is 39.2 Å². The molecule has 0 radical (unpaired) electrons. The van der Waals surface area contributed by atoms with E-state index in [0.29, 0.717) is 5.75 Å². The van der Waals surface area contributed by atoms with Crippen molar-refractivity contribution < 1.29 is 13.9 Å². The zero-order valence-electron chi connectivity index (χ0n) is 17.5. The molecule has 5 rings (SSSR count). The van der Waals surface area contributed by atoms with E-state index in [9.17, 15) is 4.79 Å². The Hall–Kier alpha value is -3.67. The van der Waals surface area contributed by atoms with Crippen LogP contribution in [0.15, 0.2) is 71.1 Å². The number of para-hydroxylation sites is 2. The number of anilines is 2. The van der Waals surface area contributed by atoms with E-state index in [1.54, 1.807) is 7.11 Å². The van der Waals surface area contributed by atoms with Gasteiger partial charge in [0.25, 0.3) is 0 Å². The lowest BCUT2D eigenvalue weighted by molar-refractivity contribution is -0.129. The highest BCUT2D eigenvalue weighted by molar-refractivity contribution is 6.06. The minimum Gasteiger partial charge on any atom is -0.495 e. The van der Waals surface area contributed by atoms with Crippen LogP contribution in [0.25, 0.3) is 21.9 Å². The number of rotatable bonds is 5.